The first-order valence-corrected chi connectivity index (χ1v) is 15.2. The van der Waals surface area contributed by atoms with Crippen LogP contribution in [0.1, 0.15) is 43.9 Å². The first kappa shape index (κ1) is 30.4. The van der Waals surface area contributed by atoms with Crippen LogP contribution in [-0.2, 0) is 26.2 Å². The zero-order valence-corrected chi connectivity index (χ0v) is 25.4. The summed E-state index contributed by atoms with van der Waals surface area (Å²) in [5, 5.41) is 2.94. The summed E-state index contributed by atoms with van der Waals surface area (Å²) in [7, 11) is -4.08. The van der Waals surface area contributed by atoms with Crippen LogP contribution in [0.3, 0.4) is 0 Å². The smallest absolute Gasteiger partial charge is 0.264 e. The molecule has 0 spiro atoms. The Hall–Kier alpha value is -3.17. The van der Waals surface area contributed by atoms with Crippen LogP contribution in [0.4, 0.5) is 5.69 Å². The standard InChI is InChI=1S/C30H36BrN3O4S/c1-6-23(4)32-30(36)24(5)33(19-25-12-14-26(31)15-13-25)29(35)20-34(27-17-21(2)16-22(3)18-27)39(37,38)28-10-8-7-9-11-28/h7-18,23-24H,6,19-20H2,1-5H3,(H,32,36)/t23-,24-/m0/s1. The summed E-state index contributed by atoms with van der Waals surface area (Å²) in [6.07, 6.45) is 0.745. The van der Waals surface area contributed by atoms with Gasteiger partial charge in [-0.25, -0.2) is 8.42 Å². The van der Waals surface area contributed by atoms with Gasteiger partial charge >= 0.3 is 0 Å². The van der Waals surface area contributed by atoms with Crippen LogP contribution in [0.2, 0.25) is 0 Å². The number of anilines is 1. The van der Waals surface area contributed by atoms with Gasteiger partial charge in [-0.3, -0.25) is 13.9 Å². The van der Waals surface area contributed by atoms with Crippen LogP contribution >= 0.6 is 15.9 Å². The highest BCUT2D eigenvalue weighted by Crippen LogP contribution is 2.26. The number of carbonyl (C=O) groups excluding carboxylic acids is 2. The maximum absolute atomic E-state index is 14.0. The summed E-state index contributed by atoms with van der Waals surface area (Å²) < 4.78 is 29.8. The molecule has 0 aliphatic carbocycles. The summed E-state index contributed by atoms with van der Waals surface area (Å²) in [5.74, 6) is -0.776. The molecule has 0 unspecified atom stereocenters. The van der Waals surface area contributed by atoms with Gasteiger partial charge in [-0.1, -0.05) is 59.3 Å². The van der Waals surface area contributed by atoms with E-state index >= 15 is 0 Å². The van der Waals surface area contributed by atoms with Crippen molar-refractivity contribution < 1.29 is 18.0 Å². The minimum atomic E-state index is -4.08. The fraction of sp³-hybridized carbons (Fsp3) is 0.333. The van der Waals surface area contributed by atoms with E-state index in [9.17, 15) is 18.0 Å². The van der Waals surface area contributed by atoms with Gasteiger partial charge in [-0.2, -0.15) is 0 Å². The Morgan fingerprint density at radius 2 is 1.51 bits per heavy atom. The fourth-order valence-corrected chi connectivity index (χ4v) is 5.86. The average molecular weight is 615 g/mol. The van der Waals surface area contributed by atoms with E-state index in [-0.39, 0.29) is 23.4 Å². The highest BCUT2D eigenvalue weighted by atomic mass is 79.9. The van der Waals surface area contributed by atoms with Gasteiger partial charge in [0.15, 0.2) is 0 Å². The number of amides is 2. The summed E-state index contributed by atoms with van der Waals surface area (Å²) in [6, 6.07) is 20.1. The number of aryl methyl sites for hydroxylation is 2. The van der Waals surface area contributed by atoms with E-state index in [4.69, 9.17) is 0 Å². The fourth-order valence-electron chi connectivity index (χ4n) is 4.18. The van der Waals surface area contributed by atoms with E-state index in [1.165, 1.54) is 17.0 Å². The summed E-state index contributed by atoms with van der Waals surface area (Å²) in [4.78, 5) is 28.6. The predicted molar refractivity (Wildman–Crippen MR) is 159 cm³/mol. The quantitative estimate of drug-likeness (QED) is 0.305. The molecule has 39 heavy (non-hydrogen) atoms. The molecule has 3 aromatic rings. The van der Waals surface area contributed by atoms with Gasteiger partial charge in [-0.05, 0) is 87.2 Å². The second-order valence-corrected chi connectivity index (χ2v) is 12.6. The van der Waals surface area contributed by atoms with Gasteiger partial charge in [0.1, 0.15) is 12.6 Å². The first-order valence-electron chi connectivity index (χ1n) is 12.9. The number of hydrogen-bond donors (Lipinski definition) is 1. The lowest BCUT2D eigenvalue weighted by atomic mass is 10.1. The van der Waals surface area contributed by atoms with Gasteiger partial charge in [0.05, 0.1) is 10.6 Å². The second-order valence-electron chi connectivity index (χ2n) is 9.81. The third-order valence-electron chi connectivity index (χ3n) is 6.54. The van der Waals surface area contributed by atoms with Crippen molar-refractivity contribution in [2.24, 2.45) is 0 Å². The number of sulfonamides is 1. The zero-order chi connectivity index (χ0) is 28.7. The first-order chi connectivity index (χ1) is 18.4. The summed E-state index contributed by atoms with van der Waals surface area (Å²) in [6.45, 7) is 8.99. The number of nitrogens with zero attached hydrogens (tertiary/aromatic N) is 2. The monoisotopic (exact) mass is 613 g/mol. The Morgan fingerprint density at radius 3 is 2.08 bits per heavy atom. The molecule has 0 aromatic heterocycles. The van der Waals surface area contributed by atoms with Gasteiger partial charge in [-0.15, -0.1) is 0 Å². The maximum Gasteiger partial charge on any atom is 0.264 e. The second kappa shape index (κ2) is 13.3. The van der Waals surface area contributed by atoms with Gasteiger partial charge in [0, 0.05) is 17.1 Å². The number of hydrogen-bond acceptors (Lipinski definition) is 4. The van der Waals surface area contributed by atoms with Gasteiger partial charge < -0.3 is 10.2 Å². The minimum Gasteiger partial charge on any atom is -0.352 e. The molecule has 2 atom stereocenters. The molecule has 0 saturated carbocycles. The average Bonchev–Trinajstić information content (AvgIpc) is 2.90. The molecule has 0 aliphatic heterocycles. The van der Waals surface area contributed by atoms with Crippen molar-refractivity contribution >= 4 is 43.5 Å². The molecule has 0 heterocycles. The van der Waals surface area contributed by atoms with Crippen molar-refractivity contribution in [3.8, 4) is 0 Å². The van der Waals surface area contributed by atoms with Crippen molar-refractivity contribution in [1.29, 1.82) is 0 Å². The van der Waals surface area contributed by atoms with E-state index in [2.05, 4.69) is 21.2 Å². The molecule has 2 amide bonds. The molecule has 0 radical (unpaired) electrons. The van der Waals surface area contributed by atoms with Gasteiger partial charge in [0.2, 0.25) is 11.8 Å². The Bertz CT molecular complexity index is 1380. The highest BCUT2D eigenvalue weighted by molar-refractivity contribution is 9.10. The zero-order valence-electron chi connectivity index (χ0n) is 23.0. The minimum absolute atomic E-state index is 0.0604. The van der Waals surface area contributed by atoms with E-state index in [0.717, 1.165) is 31.9 Å². The lowest BCUT2D eigenvalue weighted by Gasteiger charge is -2.32. The number of halogens is 1. The normalized spacial score (nSPS) is 12.9. The summed E-state index contributed by atoms with van der Waals surface area (Å²) in [5.41, 5.74) is 2.96. The van der Waals surface area contributed by atoms with Crippen LogP contribution in [0.25, 0.3) is 0 Å². The number of benzene rings is 3. The largest absolute Gasteiger partial charge is 0.352 e. The third kappa shape index (κ3) is 7.92. The van der Waals surface area contributed by atoms with E-state index in [1.807, 2.05) is 58.0 Å². The lowest BCUT2D eigenvalue weighted by molar-refractivity contribution is -0.139. The Kier molecular flexibility index (Phi) is 10.3. The molecule has 1 N–H and O–H groups in total. The van der Waals surface area contributed by atoms with E-state index in [1.54, 1.807) is 37.3 Å². The molecule has 0 saturated heterocycles. The molecule has 9 heteroatoms. The van der Waals surface area contributed by atoms with Crippen molar-refractivity contribution in [1.82, 2.24) is 10.2 Å². The molecule has 0 aliphatic rings. The SMILES string of the molecule is CC[C@H](C)NC(=O)[C@H](C)N(Cc1ccc(Br)cc1)C(=O)CN(c1cc(C)cc(C)c1)S(=O)(=O)c1ccccc1. The molecular weight excluding hydrogens is 578 g/mol. The van der Waals surface area contributed by atoms with Crippen molar-refractivity contribution in [2.75, 3.05) is 10.8 Å². The van der Waals surface area contributed by atoms with Crippen molar-refractivity contribution in [2.45, 2.75) is 64.6 Å². The number of carbonyl (C=O) groups is 2. The number of rotatable bonds is 11. The van der Waals surface area contributed by atoms with Crippen molar-refractivity contribution in [3.63, 3.8) is 0 Å². The summed E-state index contributed by atoms with van der Waals surface area (Å²) >= 11 is 3.42. The van der Waals surface area contributed by atoms with Crippen LogP contribution in [0.5, 0.6) is 0 Å². The highest BCUT2D eigenvalue weighted by Gasteiger charge is 2.32. The molecule has 0 fully saturated rings. The van der Waals surface area contributed by atoms with Crippen LogP contribution in [-0.4, -0.2) is 43.8 Å². The van der Waals surface area contributed by atoms with Gasteiger partial charge in [0.25, 0.3) is 10.0 Å². The molecule has 0 bridgehead atoms. The molecular formula is C30H36BrN3O4S. The topological polar surface area (TPSA) is 86.8 Å². The Morgan fingerprint density at radius 1 is 0.923 bits per heavy atom. The number of nitrogens with one attached hydrogen (secondary N) is 1. The lowest BCUT2D eigenvalue weighted by Crippen LogP contribution is -2.52. The molecule has 208 valence electrons. The van der Waals surface area contributed by atoms with Crippen molar-refractivity contribution in [3.05, 3.63) is 94.0 Å². The van der Waals surface area contributed by atoms with Crippen LogP contribution in [0.15, 0.2) is 82.2 Å². The third-order valence-corrected chi connectivity index (χ3v) is 8.86. The molecule has 3 aromatic carbocycles. The molecule has 3 rings (SSSR count). The van der Waals surface area contributed by atoms with E-state index in [0.29, 0.717) is 5.69 Å². The Labute approximate surface area is 240 Å². The predicted octanol–water partition coefficient (Wildman–Crippen LogP) is 5.59. The maximum atomic E-state index is 14.0. The van der Waals surface area contributed by atoms with E-state index < -0.39 is 28.5 Å². The molecule has 7 nitrogen and oxygen atoms in total. The van der Waals surface area contributed by atoms with Crippen LogP contribution < -0.4 is 9.62 Å². The van der Waals surface area contributed by atoms with Crippen LogP contribution in [0, 0.1) is 13.8 Å². The Balaban J connectivity index is 2.04.